The van der Waals surface area contributed by atoms with E-state index in [1.807, 2.05) is 0 Å². The molecule has 4 nitrogen and oxygen atoms in total. The number of piperazine rings is 1. The summed E-state index contributed by atoms with van der Waals surface area (Å²) in [5.74, 6) is 0.267. The second-order valence-electron chi connectivity index (χ2n) is 9.48. The molecule has 5 rings (SSSR count). The molecule has 0 bridgehead atoms. The minimum Gasteiger partial charge on any atom is -0.369 e. The zero-order chi connectivity index (χ0) is 21.0. The average molecular weight is 418 g/mol. The van der Waals surface area contributed by atoms with E-state index in [1.165, 1.54) is 61.9 Å². The second kappa shape index (κ2) is 9.44. The van der Waals surface area contributed by atoms with Gasteiger partial charge in [-0.05, 0) is 55.5 Å². The summed E-state index contributed by atoms with van der Waals surface area (Å²) < 4.78 is 0. The molecule has 1 aliphatic carbocycles. The van der Waals surface area contributed by atoms with Crippen LogP contribution in [0.25, 0.3) is 0 Å². The summed E-state index contributed by atoms with van der Waals surface area (Å²) in [6.45, 7) is 6.29. The highest BCUT2D eigenvalue weighted by Crippen LogP contribution is 2.33. The van der Waals surface area contributed by atoms with Crippen molar-refractivity contribution in [2.24, 2.45) is 0 Å². The van der Waals surface area contributed by atoms with Crippen molar-refractivity contribution in [2.75, 3.05) is 37.6 Å². The molecule has 164 valence electrons. The Morgan fingerprint density at radius 1 is 0.871 bits per heavy atom. The fourth-order valence-corrected chi connectivity index (χ4v) is 5.58. The van der Waals surface area contributed by atoms with Gasteiger partial charge in [0.2, 0.25) is 0 Å². The maximum atomic E-state index is 13.1. The molecule has 2 aliphatic heterocycles. The average Bonchev–Trinajstić information content (AvgIpc) is 3.17. The number of amides is 1. The lowest BCUT2D eigenvalue weighted by Gasteiger charge is -2.36. The number of benzene rings is 2. The normalized spacial score (nSPS) is 20.3. The molecule has 1 saturated heterocycles. The predicted octanol–water partition coefficient (Wildman–Crippen LogP) is 4.73. The number of fused-ring (bicyclic) bond motifs is 1. The highest BCUT2D eigenvalue weighted by molar-refractivity contribution is 5.99. The van der Waals surface area contributed by atoms with Gasteiger partial charge in [-0.3, -0.25) is 9.69 Å². The molecule has 31 heavy (non-hydrogen) atoms. The van der Waals surface area contributed by atoms with E-state index in [4.69, 9.17) is 0 Å². The summed E-state index contributed by atoms with van der Waals surface area (Å²) in [4.78, 5) is 20.3. The number of hydrogen-bond donors (Lipinski definition) is 0. The largest absolute Gasteiger partial charge is 0.369 e. The number of carbonyl (C=O) groups is 1. The van der Waals surface area contributed by atoms with Crippen LogP contribution in [0.15, 0.2) is 48.5 Å². The minimum atomic E-state index is 0.267. The van der Waals surface area contributed by atoms with Crippen LogP contribution in [0.1, 0.15) is 60.0 Å². The minimum absolute atomic E-state index is 0.267. The van der Waals surface area contributed by atoms with Gasteiger partial charge >= 0.3 is 0 Å². The number of hydrogen-bond acceptors (Lipinski definition) is 3. The first-order valence-electron chi connectivity index (χ1n) is 12.2. The van der Waals surface area contributed by atoms with Crippen molar-refractivity contribution in [3.8, 4) is 0 Å². The summed E-state index contributed by atoms with van der Waals surface area (Å²) in [7, 11) is 0. The van der Waals surface area contributed by atoms with E-state index in [-0.39, 0.29) is 5.91 Å². The zero-order valence-corrected chi connectivity index (χ0v) is 18.6. The quantitative estimate of drug-likeness (QED) is 0.680. The van der Waals surface area contributed by atoms with E-state index in [2.05, 4.69) is 63.2 Å². The van der Waals surface area contributed by atoms with Gasteiger partial charge in [-0.1, -0.05) is 55.7 Å². The summed E-state index contributed by atoms with van der Waals surface area (Å²) in [6, 6.07) is 17.9. The summed E-state index contributed by atoms with van der Waals surface area (Å²) >= 11 is 0. The Labute approximate surface area is 186 Å². The lowest BCUT2D eigenvalue weighted by Crippen LogP contribution is -2.46. The van der Waals surface area contributed by atoms with Crippen LogP contribution in [0.3, 0.4) is 0 Å². The molecular weight excluding hydrogens is 382 g/mol. The molecule has 1 saturated carbocycles. The van der Waals surface area contributed by atoms with Gasteiger partial charge in [0.25, 0.3) is 5.91 Å². The highest BCUT2D eigenvalue weighted by Gasteiger charge is 2.33. The van der Waals surface area contributed by atoms with E-state index < -0.39 is 0 Å². The second-order valence-corrected chi connectivity index (χ2v) is 9.48. The lowest BCUT2D eigenvalue weighted by atomic mass is 9.94. The van der Waals surface area contributed by atoms with Crippen molar-refractivity contribution >= 4 is 11.6 Å². The van der Waals surface area contributed by atoms with Crippen LogP contribution < -0.4 is 4.90 Å². The molecule has 4 heteroatoms. The van der Waals surface area contributed by atoms with E-state index in [9.17, 15) is 4.79 Å². The molecule has 2 fully saturated rings. The van der Waals surface area contributed by atoms with Gasteiger partial charge in [0.05, 0.1) is 0 Å². The SMILES string of the molecule is O=C1c2cc(N3CCN(CCCc4ccccc4)CC3)ccc2CN1C1CCCCC1. The van der Waals surface area contributed by atoms with Gasteiger partial charge in [0, 0.05) is 50.0 Å². The third kappa shape index (κ3) is 4.64. The van der Waals surface area contributed by atoms with Crippen molar-refractivity contribution in [3.63, 3.8) is 0 Å². The Morgan fingerprint density at radius 3 is 2.42 bits per heavy atom. The molecule has 2 heterocycles. The van der Waals surface area contributed by atoms with Crippen LogP contribution in [-0.4, -0.2) is 54.5 Å². The fraction of sp³-hybridized carbons (Fsp3) is 0.519. The Morgan fingerprint density at radius 2 is 1.65 bits per heavy atom. The van der Waals surface area contributed by atoms with Crippen molar-refractivity contribution < 1.29 is 4.79 Å². The Balaban J connectivity index is 1.14. The van der Waals surface area contributed by atoms with E-state index >= 15 is 0 Å². The van der Waals surface area contributed by atoms with Gasteiger partial charge in [0.15, 0.2) is 0 Å². The molecule has 0 radical (unpaired) electrons. The standard InChI is InChI=1S/C27H35N3O/c31-27-26-20-25(14-13-23(26)21-30(27)24-11-5-2-6-12-24)29-18-16-28(17-19-29)15-7-10-22-8-3-1-4-9-22/h1,3-4,8-9,13-14,20,24H,2,5-7,10-12,15-19,21H2. The summed E-state index contributed by atoms with van der Waals surface area (Å²) in [5.41, 5.74) is 4.83. The monoisotopic (exact) mass is 417 g/mol. The zero-order valence-electron chi connectivity index (χ0n) is 18.6. The van der Waals surface area contributed by atoms with Crippen LogP contribution in [-0.2, 0) is 13.0 Å². The van der Waals surface area contributed by atoms with Crippen LogP contribution in [0, 0.1) is 0 Å². The molecule has 0 atom stereocenters. The van der Waals surface area contributed by atoms with Gasteiger partial charge in [-0.25, -0.2) is 0 Å². The van der Waals surface area contributed by atoms with Gasteiger partial charge < -0.3 is 9.80 Å². The van der Waals surface area contributed by atoms with Crippen LogP contribution in [0.2, 0.25) is 0 Å². The third-order valence-corrected chi connectivity index (χ3v) is 7.46. The number of anilines is 1. The molecular formula is C27H35N3O. The molecule has 3 aliphatic rings. The van der Waals surface area contributed by atoms with Gasteiger partial charge in [-0.15, -0.1) is 0 Å². The highest BCUT2D eigenvalue weighted by atomic mass is 16.2. The van der Waals surface area contributed by atoms with Crippen molar-refractivity contribution in [3.05, 3.63) is 65.2 Å². The Bertz CT molecular complexity index is 883. The molecule has 0 spiro atoms. The first-order chi connectivity index (χ1) is 15.3. The fourth-order valence-electron chi connectivity index (χ4n) is 5.58. The number of nitrogens with zero attached hydrogens (tertiary/aromatic N) is 3. The van der Waals surface area contributed by atoms with E-state index in [1.54, 1.807) is 0 Å². The molecule has 2 aromatic rings. The van der Waals surface area contributed by atoms with Crippen molar-refractivity contribution in [1.29, 1.82) is 0 Å². The summed E-state index contributed by atoms with van der Waals surface area (Å²) in [6.07, 6.45) is 8.60. The topological polar surface area (TPSA) is 26.8 Å². The maximum Gasteiger partial charge on any atom is 0.254 e. The van der Waals surface area contributed by atoms with Crippen molar-refractivity contribution in [2.45, 2.75) is 57.5 Å². The number of carbonyl (C=O) groups excluding carboxylic acids is 1. The van der Waals surface area contributed by atoms with Gasteiger partial charge in [0.1, 0.15) is 0 Å². The predicted molar refractivity (Wildman–Crippen MR) is 127 cm³/mol. The molecule has 0 aromatic heterocycles. The number of aryl methyl sites for hydroxylation is 1. The van der Waals surface area contributed by atoms with E-state index in [0.29, 0.717) is 6.04 Å². The number of rotatable bonds is 6. The van der Waals surface area contributed by atoms with E-state index in [0.717, 1.165) is 44.7 Å². The third-order valence-electron chi connectivity index (χ3n) is 7.46. The Hall–Kier alpha value is -2.33. The first kappa shape index (κ1) is 20.6. The molecule has 0 N–H and O–H groups in total. The van der Waals surface area contributed by atoms with Gasteiger partial charge in [-0.2, -0.15) is 0 Å². The van der Waals surface area contributed by atoms with Crippen LogP contribution in [0.5, 0.6) is 0 Å². The Kier molecular flexibility index (Phi) is 6.26. The van der Waals surface area contributed by atoms with Crippen molar-refractivity contribution in [1.82, 2.24) is 9.80 Å². The lowest BCUT2D eigenvalue weighted by molar-refractivity contribution is 0.0660. The summed E-state index contributed by atoms with van der Waals surface area (Å²) in [5, 5.41) is 0. The molecule has 1 amide bonds. The maximum absolute atomic E-state index is 13.1. The smallest absolute Gasteiger partial charge is 0.254 e. The first-order valence-corrected chi connectivity index (χ1v) is 12.2. The molecule has 0 unspecified atom stereocenters. The van der Waals surface area contributed by atoms with Crippen LogP contribution in [0.4, 0.5) is 5.69 Å². The van der Waals surface area contributed by atoms with Crippen LogP contribution >= 0.6 is 0 Å². The molecule has 2 aromatic carbocycles.